The molecule has 1 aromatic carbocycles. The summed E-state index contributed by atoms with van der Waals surface area (Å²) in [6.07, 6.45) is -3.75. The minimum atomic E-state index is -4.16. The van der Waals surface area contributed by atoms with Crippen LogP contribution in [0, 0.1) is 0 Å². The molecule has 0 atom stereocenters. The first kappa shape index (κ1) is 11.6. The monoisotopic (exact) mass is 223 g/mol. The van der Waals surface area contributed by atoms with Crippen LogP contribution >= 0.6 is 0 Å². The molecule has 0 saturated carbocycles. The van der Waals surface area contributed by atoms with E-state index in [1.165, 1.54) is 18.2 Å². The third kappa shape index (κ3) is 3.00. The van der Waals surface area contributed by atoms with Crippen LogP contribution in [0.15, 0.2) is 24.3 Å². The summed E-state index contributed by atoms with van der Waals surface area (Å²) in [4.78, 5) is 0. The van der Waals surface area contributed by atoms with Crippen LogP contribution < -0.4 is 10.5 Å². The molecule has 0 aromatic heterocycles. The molecule has 0 bridgehead atoms. The molecule has 84 valence electrons. The predicted octanol–water partition coefficient (Wildman–Crippen LogP) is 2.55. The van der Waals surface area contributed by atoms with Gasteiger partial charge in [0.05, 0.1) is 5.69 Å². The normalized spacial score (nSPS) is 11.8. The topological polar surface area (TPSA) is 35.2 Å². The maximum absolute atomic E-state index is 12.4. The van der Waals surface area contributed by atoms with Crippen molar-refractivity contribution >= 4 is 5.69 Å². The van der Waals surface area contributed by atoms with Gasteiger partial charge in [-0.15, -0.1) is 0 Å². The first-order valence-electron chi connectivity index (χ1n) is 4.07. The Kier molecular flexibility index (Phi) is 3.39. The van der Waals surface area contributed by atoms with Gasteiger partial charge in [0.25, 0.3) is 0 Å². The summed E-state index contributed by atoms with van der Waals surface area (Å²) in [6.45, 7) is -1.39. The van der Waals surface area contributed by atoms with Gasteiger partial charge in [-0.3, -0.25) is 0 Å². The number of nitrogens with two attached hydrogens (primary N) is 1. The van der Waals surface area contributed by atoms with E-state index in [0.29, 0.717) is 0 Å². The number of benzene rings is 1. The molecule has 0 heterocycles. The van der Waals surface area contributed by atoms with Crippen LogP contribution in [0.4, 0.5) is 23.2 Å². The smallest absolute Gasteiger partial charge is 0.340 e. The second kappa shape index (κ2) is 4.37. The Hall–Kier alpha value is -1.46. The van der Waals surface area contributed by atoms with Gasteiger partial charge in [0.15, 0.2) is 6.61 Å². The van der Waals surface area contributed by atoms with Crippen LogP contribution in [0.3, 0.4) is 0 Å². The molecule has 2 nitrogen and oxygen atoms in total. The largest absolute Gasteiger partial charge is 0.485 e. The number of hydrogen-bond acceptors (Lipinski definition) is 2. The molecule has 2 N–H and O–H groups in total. The molecule has 1 aromatic rings. The van der Waals surface area contributed by atoms with Crippen molar-refractivity contribution in [3.8, 4) is 5.75 Å². The number of para-hydroxylation sites is 2. The van der Waals surface area contributed by atoms with Crippen molar-refractivity contribution in [1.29, 1.82) is 0 Å². The van der Waals surface area contributed by atoms with Gasteiger partial charge in [-0.2, -0.15) is 8.78 Å². The Morgan fingerprint density at radius 3 is 2.40 bits per heavy atom. The number of alkyl halides is 4. The summed E-state index contributed by atoms with van der Waals surface area (Å²) >= 11 is 0. The Morgan fingerprint density at radius 2 is 1.87 bits per heavy atom. The summed E-state index contributed by atoms with van der Waals surface area (Å²) in [5, 5.41) is 0. The van der Waals surface area contributed by atoms with Crippen molar-refractivity contribution in [2.75, 3.05) is 12.3 Å². The highest BCUT2D eigenvalue weighted by Crippen LogP contribution is 2.26. The van der Waals surface area contributed by atoms with Crippen molar-refractivity contribution in [2.24, 2.45) is 0 Å². The van der Waals surface area contributed by atoms with E-state index in [2.05, 4.69) is 4.74 Å². The first-order chi connectivity index (χ1) is 6.93. The van der Waals surface area contributed by atoms with Crippen molar-refractivity contribution in [1.82, 2.24) is 0 Å². The molecule has 0 fully saturated rings. The third-order valence-electron chi connectivity index (χ3n) is 1.66. The minimum Gasteiger partial charge on any atom is -0.485 e. The molecule has 15 heavy (non-hydrogen) atoms. The fourth-order valence-electron chi connectivity index (χ4n) is 0.849. The maximum Gasteiger partial charge on any atom is 0.340 e. The zero-order valence-corrected chi connectivity index (χ0v) is 7.59. The van der Waals surface area contributed by atoms with Crippen molar-refractivity contribution in [3.63, 3.8) is 0 Å². The van der Waals surface area contributed by atoms with Gasteiger partial charge in [0.1, 0.15) is 5.75 Å². The number of halogens is 4. The summed E-state index contributed by atoms with van der Waals surface area (Å²) < 4.78 is 52.9. The van der Waals surface area contributed by atoms with Crippen LogP contribution in [0.25, 0.3) is 0 Å². The summed E-state index contributed by atoms with van der Waals surface area (Å²) in [6, 6.07) is 5.84. The molecule has 0 unspecified atom stereocenters. The van der Waals surface area contributed by atoms with Gasteiger partial charge < -0.3 is 10.5 Å². The van der Waals surface area contributed by atoms with Crippen LogP contribution in [-0.4, -0.2) is 19.0 Å². The van der Waals surface area contributed by atoms with Gasteiger partial charge in [-0.1, -0.05) is 12.1 Å². The second-order valence-corrected chi connectivity index (χ2v) is 2.89. The highest BCUT2D eigenvalue weighted by molar-refractivity contribution is 5.51. The molecule has 0 saturated heterocycles. The molecule has 6 heteroatoms. The van der Waals surface area contributed by atoms with Gasteiger partial charge in [-0.25, -0.2) is 8.78 Å². The molecular formula is C9H9F4NO. The van der Waals surface area contributed by atoms with E-state index in [1.54, 1.807) is 6.07 Å². The lowest BCUT2D eigenvalue weighted by atomic mass is 10.3. The molecule has 0 aliphatic rings. The molecule has 1 rings (SSSR count). The third-order valence-corrected chi connectivity index (χ3v) is 1.66. The molecule has 0 spiro atoms. The van der Waals surface area contributed by atoms with Crippen LogP contribution in [0.1, 0.15) is 0 Å². The lowest BCUT2D eigenvalue weighted by Crippen LogP contribution is -2.33. The average Bonchev–Trinajstić information content (AvgIpc) is 2.16. The number of ether oxygens (including phenoxy) is 1. The summed E-state index contributed by atoms with van der Waals surface area (Å²) in [7, 11) is 0. The Morgan fingerprint density at radius 1 is 1.27 bits per heavy atom. The minimum absolute atomic E-state index is 0.0298. The van der Waals surface area contributed by atoms with Gasteiger partial charge in [-0.05, 0) is 12.1 Å². The quantitative estimate of drug-likeness (QED) is 0.628. The van der Waals surface area contributed by atoms with Crippen LogP contribution in [0.2, 0.25) is 0 Å². The highest BCUT2D eigenvalue weighted by Gasteiger charge is 2.41. The van der Waals surface area contributed by atoms with Crippen molar-refractivity contribution < 1.29 is 22.3 Å². The number of hydrogen-bond donors (Lipinski definition) is 1. The van der Waals surface area contributed by atoms with E-state index < -0.39 is 19.0 Å². The zero-order chi connectivity index (χ0) is 11.5. The van der Waals surface area contributed by atoms with Crippen molar-refractivity contribution in [3.05, 3.63) is 24.3 Å². The molecule has 0 aliphatic heterocycles. The summed E-state index contributed by atoms with van der Waals surface area (Å²) in [5.74, 6) is -4.19. The van der Waals surface area contributed by atoms with E-state index in [9.17, 15) is 17.6 Å². The SMILES string of the molecule is Nc1ccccc1OCC(F)(F)C(F)F. The van der Waals surface area contributed by atoms with E-state index in [0.717, 1.165) is 0 Å². The summed E-state index contributed by atoms with van der Waals surface area (Å²) in [5.41, 5.74) is 5.50. The Bertz CT molecular complexity index is 330. The predicted molar refractivity (Wildman–Crippen MR) is 47.3 cm³/mol. The number of anilines is 1. The molecule has 0 amide bonds. The standard InChI is InChI=1S/C9H9F4NO/c10-8(11)9(12,13)5-15-7-4-2-1-3-6(7)14/h1-4,8H,5,14H2. The lowest BCUT2D eigenvalue weighted by molar-refractivity contribution is -0.148. The lowest BCUT2D eigenvalue weighted by Gasteiger charge is -2.16. The Balaban J connectivity index is 2.62. The van der Waals surface area contributed by atoms with E-state index in [1.807, 2.05) is 0 Å². The maximum atomic E-state index is 12.4. The van der Waals surface area contributed by atoms with Crippen molar-refractivity contribution in [2.45, 2.75) is 12.3 Å². The fraction of sp³-hybridized carbons (Fsp3) is 0.333. The molecule has 0 radical (unpaired) electrons. The van der Waals surface area contributed by atoms with Gasteiger partial charge in [0, 0.05) is 0 Å². The number of rotatable bonds is 4. The second-order valence-electron chi connectivity index (χ2n) is 2.89. The average molecular weight is 223 g/mol. The molecular weight excluding hydrogens is 214 g/mol. The van der Waals surface area contributed by atoms with Crippen LogP contribution in [-0.2, 0) is 0 Å². The number of nitrogen functional groups attached to an aromatic ring is 1. The van der Waals surface area contributed by atoms with Crippen LogP contribution in [0.5, 0.6) is 5.75 Å². The fourth-order valence-corrected chi connectivity index (χ4v) is 0.849. The highest BCUT2D eigenvalue weighted by atomic mass is 19.3. The molecule has 0 aliphatic carbocycles. The van der Waals surface area contributed by atoms with Gasteiger partial charge in [0.2, 0.25) is 0 Å². The first-order valence-corrected chi connectivity index (χ1v) is 4.07. The zero-order valence-electron chi connectivity index (χ0n) is 7.59. The van der Waals surface area contributed by atoms with Gasteiger partial charge >= 0.3 is 12.3 Å². The van der Waals surface area contributed by atoms with E-state index in [4.69, 9.17) is 5.73 Å². The Labute approximate surface area is 83.6 Å². The van der Waals surface area contributed by atoms with E-state index >= 15 is 0 Å². The van der Waals surface area contributed by atoms with E-state index in [-0.39, 0.29) is 11.4 Å².